The Morgan fingerprint density at radius 1 is 1.16 bits per heavy atom. The summed E-state index contributed by atoms with van der Waals surface area (Å²) in [5, 5.41) is 0. The van der Waals surface area contributed by atoms with Gasteiger partial charge in [-0.2, -0.15) is 0 Å². The quantitative estimate of drug-likeness (QED) is 0.493. The van der Waals surface area contributed by atoms with E-state index in [4.69, 9.17) is 4.74 Å². The van der Waals surface area contributed by atoms with Gasteiger partial charge in [0.2, 0.25) is 0 Å². The van der Waals surface area contributed by atoms with E-state index in [1.54, 1.807) is 0 Å². The van der Waals surface area contributed by atoms with Crippen molar-refractivity contribution in [3.63, 3.8) is 0 Å². The Labute approximate surface area is 188 Å². The molecule has 32 heavy (non-hydrogen) atoms. The van der Waals surface area contributed by atoms with Crippen LogP contribution in [-0.2, 0) is 17.7 Å². The summed E-state index contributed by atoms with van der Waals surface area (Å²) >= 11 is 0. The lowest BCUT2D eigenvalue weighted by Crippen LogP contribution is -2.36. The van der Waals surface area contributed by atoms with Crippen LogP contribution in [0.2, 0.25) is 0 Å². The van der Waals surface area contributed by atoms with Crippen LogP contribution in [0.15, 0.2) is 61.1 Å². The van der Waals surface area contributed by atoms with Crippen molar-refractivity contribution in [3.05, 3.63) is 78.0 Å². The molecule has 2 aromatic carbocycles. The topological polar surface area (TPSA) is 47.4 Å². The highest BCUT2D eigenvalue weighted by Crippen LogP contribution is 2.38. The Hall–Kier alpha value is -3.15. The molecule has 0 bridgehead atoms. The van der Waals surface area contributed by atoms with Crippen molar-refractivity contribution >= 4 is 6.09 Å². The molecule has 1 saturated heterocycles. The van der Waals surface area contributed by atoms with Crippen LogP contribution in [0.3, 0.4) is 0 Å². The fourth-order valence-electron chi connectivity index (χ4n) is 4.27. The number of aromatic nitrogens is 2. The first-order chi connectivity index (χ1) is 15.3. The van der Waals surface area contributed by atoms with E-state index in [0.717, 1.165) is 48.2 Å². The molecular weight excluding hydrogens is 405 g/mol. The number of hydrogen-bond acceptors (Lipinski definition) is 3. The van der Waals surface area contributed by atoms with Gasteiger partial charge in [-0.25, -0.2) is 14.2 Å². The van der Waals surface area contributed by atoms with Gasteiger partial charge in [-0.05, 0) is 63.3 Å². The third kappa shape index (κ3) is 5.01. The zero-order valence-corrected chi connectivity index (χ0v) is 18.9. The van der Waals surface area contributed by atoms with E-state index in [1.807, 2.05) is 62.5 Å². The van der Waals surface area contributed by atoms with Crippen LogP contribution in [0.4, 0.5) is 9.18 Å². The lowest BCUT2D eigenvalue weighted by molar-refractivity contribution is 0.0225. The zero-order valence-electron chi connectivity index (χ0n) is 18.9. The zero-order chi connectivity index (χ0) is 22.7. The van der Waals surface area contributed by atoms with E-state index in [-0.39, 0.29) is 18.0 Å². The second-order valence-electron chi connectivity index (χ2n) is 9.27. The van der Waals surface area contributed by atoms with Crippen LogP contribution < -0.4 is 0 Å². The molecule has 168 valence electrons. The monoisotopic (exact) mass is 435 g/mol. The van der Waals surface area contributed by atoms with Gasteiger partial charge in [-0.3, -0.25) is 0 Å². The van der Waals surface area contributed by atoms with Gasteiger partial charge >= 0.3 is 6.09 Å². The van der Waals surface area contributed by atoms with E-state index in [1.165, 1.54) is 12.1 Å². The van der Waals surface area contributed by atoms with Gasteiger partial charge < -0.3 is 14.2 Å². The van der Waals surface area contributed by atoms with E-state index in [9.17, 15) is 9.18 Å². The lowest BCUT2D eigenvalue weighted by Gasteiger charge is -2.30. The molecule has 1 unspecified atom stereocenters. The van der Waals surface area contributed by atoms with Gasteiger partial charge in [0.15, 0.2) is 0 Å². The molecule has 6 heteroatoms. The predicted octanol–water partition coefficient (Wildman–Crippen LogP) is 6.00. The number of likely N-dealkylation sites (tertiary alicyclic amines) is 1. The second kappa shape index (κ2) is 9.15. The summed E-state index contributed by atoms with van der Waals surface area (Å²) in [6.45, 7) is 7.10. The van der Waals surface area contributed by atoms with Crippen molar-refractivity contribution in [2.24, 2.45) is 0 Å². The number of halogens is 1. The van der Waals surface area contributed by atoms with Crippen molar-refractivity contribution in [3.8, 4) is 11.3 Å². The van der Waals surface area contributed by atoms with Crippen molar-refractivity contribution in [2.75, 3.05) is 6.54 Å². The smallest absolute Gasteiger partial charge is 0.410 e. The molecule has 1 aliphatic heterocycles. The average molecular weight is 436 g/mol. The summed E-state index contributed by atoms with van der Waals surface area (Å²) in [7, 11) is 0. The summed E-state index contributed by atoms with van der Waals surface area (Å²) in [4.78, 5) is 19.1. The number of amides is 1. The summed E-state index contributed by atoms with van der Waals surface area (Å²) in [5.74, 6) is -0.225. The molecule has 1 atom stereocenters. The van der Waals surface area contributed by atoms with E-state index >= 15 is 0 Å². The third-order valence-electron chi connectivity index (χ3n) is 5.74. The second-order valence-corrected chi connectivity index (χ2v) is 9.27. The van der Waals surface area contributed by atoms with Gasteiger partial charge in [0.1, 0.15) is 11.4 Å². The molecule has 1 aromatic heterocycles. The highest BCUT2D eigenvalue weighted by Gasteiger charge is 2.34. The van der Waals surface area contributed by atoms with Gasteiger partial charge in [-0.1, -0.05) is 36.4 Å². The molecule has 0 radical (unpaired) electrons. The maximum absolute atomic E-state index is 13.2. The Bertz CT molecular complexity index is 1070. The molecular formula is C26H30FN3O2. The van der Waals surface area contributed by atoms with Crippen LogP contribution in [-0.4, -0.2) is 32.7 Å². The van der Waals surface area contributed by atoms with E-state index in [2.05, 4.69) is 21.7 Å². The maximum atomic E-state index is 13.2. The van der Waals surface area contributed by atoms with Crippen LogP contribution in [0, 0.1) is 5.82 Å². The fraction of sp³-hybridized carbons (Fsp3) is 0.385. The number of rotatable bonds is 5. The Balaban J connectivity index is 1.58. The summed E-state index contributed by atoms with van der Waals surface area (Å²) in [6.07, 6.45) is 6.06. The molecule has 0 saturated carbocycles. The van der Waals surface area contributed by atoms with Crippen LogP contribution in [0.5, 0.6) is 0 Å². The van der Waals surface area contributed by atoms with Crippen molar-refractivity contribution < 1.29 is 13.9 Å². The minimum atomic E-state index is -0.525. The van der Waals surface area contributed by atoms with Crippen LogP contribution in [0.1, 0.15) is 50.8 Å². The number of carbonyl (C=O) groups is 1. The van der Waals surface area contributed by atoms with Crippen LogP contribution in [0.25, 0.3) is 11.3 Å². The third-order valence-corrected chi connectivity index (χ3v) is 5.74. The van der Waals surface area contributed by atoms with Gasteiger partial charge in [0.25, 0.3) is 0 Å². The van der Waals surface area contributed by atoms with Gasteiger partial charge in [0, 0.05) is 18.7 Å². The van der Waals surface area contributed by atoms with E-state index in [0.29, 0.717) is 6.54 Å². The Kier molecular flexibility index (Phi) is 6.31. The molecule has 3 aromatic rings. The number of imidazole rings is 1. The van der Waals surface area contributed by atoms with Gasteiger partial charge in [-0.15, -0.1) is 0 Å². The SMILES string of the molecule is CC(C)(C)OC(=O)N1CCCC1c1ccccc1-c1cncn1CCc1ccc(F)cc1. The highest BCUT2D eigenvalue weighted by atomic mass is 19.1. The molecule has 2 heterocycles. The van der Waals surface area contributed by atoms with Crippen molar-refractivity contribution in [1.29, 1.82) is 0 Å². The number of ether oxygens (including phenoxy) is 1. The van der Waals surface area contributed by atoms with Crippen LogP contribution >= 0.6 is 0 Å². The lowest BCUT2D eigenvalue weighted by atomic mass is 9.96. The average Bonchev–Trinajstić information content (AvgIpc) is 3.42. The van der Waals surface area contributed by atoms with E-state index < -0.39 is 5.60 Å². The summed E-state index contributed by atoms with van der Waals surface area (Å²) in [5.41, 5.74) is 3.75. The largest absolute Gasteiger partial charge is 0.444 e. The Morgan fingerprint density at radius 2 is 1.91 bits per heavy atom. The summed E-state index contributed by atoms with van der Waals surface area (Å²) < 4.78 is 21.0. The normalized spacial score (nSPS) is 16.4. The van der Waals surface area contributed by atoms with Gasteiger partial charge in [0.05, 0.1) is 24.3 Å². The number of carbonyl (C=O) groups excluding carboxylic acids is 1. The molecule has 0 aliphatic carbocycles. The predicted molar refractivity (Wildman–Crippen MR) is 123 cm³/mol. The number of hydrogen-bond donors (Lipinski definition) is 0. The fourth-order valence-corrected chi connectivity index (χ4v) is 4.27. The highest BCUT2D eigenvalue weighted by molar-refractivity contribution is 5.71. The number of nitrogens with zero attached hydrogens (tertiary/aromatic N) is 3. The minimum absolute atomic E-state index is 0.0264. The number of benzene rings is 2. The molecule has 1 aliphatic rings. The molecule has 1 amide bonds. The molecule has 4 rings (SSSR count). The first-order valence-corrected chi connectivity index (χ1v) is 11.2. The Morgan fingerprint density at radius 3 is 2.66 bits per heavy atom. The molecule has 5 nitrogen and oxygen atoms in total. The number of aryl methyl sites for hydroxylation is 2. The standard InChI is InChI=1S/C26H30FN3O2/c1-26(2,3)32-25(31)30-15-6-9-23(30)21-7-4-5-8-22(21)24-17-28-18-29(24)16-14-19-10-12-20(27)13-11-19/h4-5,7-8,10-13,17-18,23H,6,9,14-16H2,1-3H3. The molecule has 1 fully saturated rings. The first-order valence-electron chi connectivity index (χ1n) is 11.2. The van der Waals surface area contributed by atoms with Crippen molar-refractivity contribution in [1.82, 2.24) is 14.5 Å². The molecule has 0 N–H and O–H groups in total. The molecule has 0 spiro atoms. The minimum Gasteiger partial charge on any atom is -0.444 e. The maximum Gasteiger partial charge on any atom is 0.410 e. The first kappa shape index (κ1) is 22.1. The summed E-state index contributed by atoms with van der Waals surface area (Å²) in [6, 6.07) is 14.8. The van der Waals surface area contributed by atoms with Crippen molar-refractivity contribution in [2.45, 2.75) is 58.2 Å².